The minimum absolute atomic E-state index is 0.0528. The van der Waals surface area contributed by atoms with E-state index in [1.807, 2.05) is 50.1 Å². The summed E-state index contributed by atoms with van der Waals surface area (Å²) < 4.78 is 1.68. The zero-order chi connectivity index (χ0) is 21.7. The van der Waals surface area contributed by atoms with Crippen molar-refractivity contribution in [3.05, 3.63) is 41.6 Å². The van der Waals surface area contributed by atoms with E-state index < -0.39 is 0 Å². The second kappa shape index (κ2) is 9.33. The van der Waals surface area contributed by atoms with E-state index in [9.17, 15) is 4.79 Å². The number of likely N-dealkylation sites (N-methyl/N-ethyl adjacent to an activating group) is 1. The Morgan fingerprint density at radius 2 is 2.07 bits per heavy atom. The largest absolute Gasteiger partial charge is 0.342 e. The van der Waals surface area contributed by atoms with Crippen molar-refractivity contribution < 1.29 is 4.79 Å². The molecule has 3 aromatic rings. The SMILES string of the molecule is CC#CCn1c(C(=O)NCc2nc(C)c3ccccc3n2)nnc1N(C)CC(C)N. The van der Waals surface area contributed by atoms with Gasteiger partial charge in [-0.3, -0.25) is 9.36 Å². The standard InChI is InChI=1S/C21H26N8O/c1-5-6-11-29-19(26-27-21(29)28(4)13-14(2)22)20(30)23-12-18-24-15(3)16-9-7-8-10-17(16)25-18/h7-10,14H,11-13,22H2,1-4H3,(H,23,30). The third-order valence-electron chi connectivity index (χ3n) is 4.50. The van der Waals surface area contributed by atoms with Gasteiger partial charge in [0.25, 0.3) is 5.91 Å². The van der Waals surface area contributed by atoms with Gasteiger partial charge in [0.15, 0.2) is 0 Å². The van der Waals surface area contributed by atoms with Gasteiger partial charge in [0, 0.05) is 30.7 Å². The number of para-hydroxylation sites is 1. The average molecular weight is 406 g/mol. The fraction of sp³-hybridized carbons (Fsp3) is 0.381. The van der Waals surface area contributed by atoms with Gasteiger partial charge in [0.05, 0.1) is 18.6 Å². The Morgan fingerprint density at radius 1 is 1.30 bits per heavy atom. The second-order valence-electron chi connectivity index (χ2n) is 7.12. The number of aromatic nitrogens is 5. The number of nitrogens with two attached hydrogens (primary N) is 1. The first-order chi connectivity index (χ1) is 14.4. The molecule has 2 aromatic heterocycles. The zero-order valence-corrected chi connectivity index (χ0v) is 17.7. The maximum Gasteiger partial charge on any atom is 0.289 e. The number of amides is 1. The molecule has 30 heavy (non-hydrogen) atoms. The fourth-order valence-electron chi connectivity index (χ4n) is 3.17. The molecule has 0 spiro atoms. The van der Waals surface area contributed by atoms with Crippen molar-refractivity contribution >= 4 is 22.8 Å². The molecule has 9 nitrogen and oxygen atoms in total. The Balaban J connectivity index is 1.80. The van der Waals surface area contributed by atoms with Gasteiger partial charge in [0.1, 0.15) is 5.82 Å². The third kappa shape index (κ3) is 4.72. The molecule has 1 unspecified atom stereocenters. The molecule has 2 heterocycles. The fourth-order valence-corrected chi connectivity index (χ4v) is 3.17. The number of hydrogen-bond donors (Lipinski definition) is 2. The number of carbonyl (C=O) groups excluding carboxylic acids is 1. The minimum atomic E-state index is -0.365. The highest BCUT2D eigenvalue weighted by atomic mass is 16.2. The lowest BCUT2D eigenvalue weighted by Gasteiger charge is -2.20. The molecule has 1 atom stereocenters. The number of benzene rings is 1. The topological polar surface area (TPSA) is 115 Å². The number of hydrogen-bond acceptors (Lipinski definition) is 7. The van der Waals surface area contributed by atoms with Crippen LogP contribution in [-0.4, -0.2) is 50.3 Å². The van der Waals surface area contributed by atoms with Gasteiger partial charge >= 0.3 is 0 Å². The monoisotopic (exact) mass is 406 g/mol. The maximum absolute atomic E-state index is 12.8. The van der Waals surface area contributed by atoms with Crippen molar-refractivity contribution in [1.82, 2.24) is 30.0 Å². The Hall–Kier alpha value is -3.51. The molecule has 0 saturated carbocycles. The lowest BCUT2D eigenvalue weighted by molar-refractivity contribution is 0.0935. The molecule has 0 bridgehead atoms. The smallest absolute Gasteiger partial charge is 0.289 e. The van der Waals surface area contributed by atoms with E-state index in [4.69, 9.17) is 5.73 Å². The van der Waals surface area contributed by atoms with Crippen LogP contribution >= 0.6 is 0 Å². The van der Waals surface area contributed by atoms with Crippen molar-refractivity contribution in [3.63, 3.8) is 0 Å². The van der Waals surface area contributed by atoms with E-state index >= 15 is 0 Å². The van der Waals surface area contributed by atoms with E-state index in [2.05, 4.69) is 37.3 Å². The Bertz CT molecular complexity index is 1110. The highest BCUT2D eigenvalue weighted by Gasteiger charge is 2.21. The molecular weight excluding hydrogens is 380 g/mol. The number of nitrogens with zero attached hydrogens (tertiary/aromatic N) is 6. The predicted molar refractivity (Wildman–Crippen MR) is 116 cm³/mol. The Kier molecular flexibility index (Phi) is 6.59. The summed E-state index contributed by atoms with van der Waals surface area (Å²) in [6.45, 7) is 6.63. The van der Waals surface area contributed by atoms with Crippen LogP contribution in [0.5, 0.6) is 0 Å². The van der Waals surface area contributed by atoms with Gasteiger partial charge in [-0.15, -0.1) is 16.1 Å². The number of fused-ring (bicyclic) bond motifs is 1. The number of carbonyl (C=O) groups is 1. The van der Waals surface area contributed by atoms with Gasteiger partial charge in [0.2, 0.25) is 11.8 Å². The first-order valence-electron chi connectivity index (χ1n) is 9.70. The van der Waals surface area contributed by atoms with Crippen LogP contribution in [0.4, 0.5) is 5.95 Å². The van der Waals surface area contributed by atoms with Crippen molar-refractivity contribution in [2.75, 3.05) is 18.5 Å². The molecular formula is C21H26N8O. The van der Waals surface area contributed by atoms with Crippen LogP contribution in [-0.2, 0) is 13.1 Å². The first kappa shape index (κ1) is 21.2. The van der Waals surface area contributed by atoms with Crippen molar-refractivity contribution in [2.45, 2.75) is 39.9 Å². The zero-order valence-electron chi connectivity index (χ0n) is 17.7. The van der Waals surface area contributed by atoms with Crippen molar-refractivity contribution in [2.24, 2.45) is 5.73 Å². The molecule has 0 radical (unpaired) electrons. The molecule has 0 aliphatic carbocycles. The van der Waals surface area contributed by atoms with E-state index in [0.717, 1.165) is 16.6 Å². The summed E-state index contributed by atoms with van der Waals surface area (Å²) in [5.41, 5.74) is 7.60. The van der Waals surface area contributed by atoms with Crippen LogP contribution in [0.25, 0.3) is 10.9 Å². The minimum Gasteiger partial charge on any atom is -0.342 e. The average Bonchev–Trinajstić information content (AvgIpc) is 3.14. The lowest BCUT2D eigenvalue weighted by atomic mass is 10.2. The normalized spacial score (nSPS) is 11.6. The van der Waals surface area contributed by atoms with Gasteiger partial charge in [-0.25, -0.2) is 9.97 Å². The highest BCUT2D eigenvalue weighted by molar-refractivity contribution is 5.91. The molecule has 0 aliphatic heterocycles. The number of aryl methyl sites for hydroxylation is 1. The van der Waals surface area contributed by atoms with E-state index in [-0.39, 0.29) is 24.3 Å². The number of anilines is 1. The lowest BCUT2D eigenvalue weighted by Crippen LogP contribution is -2.35. The molecule has 3 N–H and O–H groups in total. The predicted octanol–water partition coefficient (Wildman–Crippen LogP) is 1.27. The molecule has 3 rings (SSSR count). The van der Waals surface area contributed by atoms with Gasteiger partial charge in [-0.2, -0.15) is 0 Å². The summed E-state index contributed by atoms with van der Waals surface area (Å²) in [7, 11) is 1.86. The summed E-state index contributed by atoms with van der Waals surface area (Å²) in [6.07, 6.45) is 0. The third-order valence-corrected chi connectivity index (χ3v) is 4.50. The van der Waals surface area contributed by atoms with Crippen LogP contribution in [0, 0.1) is 18.8 Å². The van der Waals surface area contributed by atoms with E-state index in [1.54, 1.807) is 11.5 Å². The Labute approximate surface area is 175 Å². The van der Waals surface area contributed by atoms with Crippen LogP contribution in [0.15, 0.2) is 24.3 Å². The van der Waals surface area contributed by atoms with E-state index in [0.29, 0.717) is 24.9 Å². The van der Waals surface area contributed by atoms with Crippen LogP contribution in [0.2, 0.25) is 0 Å². The molecule has 0 saturated heterocycles. The van der Waals surface area contributed by atoms with Crippen LogP contribution in [0.1, 0.15) is 36.0 Å². The summed E-state index contributed by atoms with van der Waals surface area (Å²) in [5, 5.41) is 12.1. The van der Waals surface area contributed by atoms with Gasteiger partial charge < -0.3 is 16.0 Å². The van der Waals surface area contributed by atoms with Crippen LogP contribution < -0.4 is 16.0 Å². The van der Waals surface area contributed by atoms with Crippen LogP contribution in [0.3, 0.4) is 0 Å². The summed E-state index contributed by atoms with van der Waals surface area (Å²) in [5.74, 6) is 6.70. The number of nitrogens with one attached hydrogen (secondary N) is 1. The summed E-state index contributed by atoms with van der Waals surface area (Å²) in [4.78, 5) is 23.7. The van der Waals surface area contributed by atoms with Gasteiger partial charge in [-0.05, 0) is 26.8 Å². The Morgan fingerprint density at radius 3 is 2.80 bits per heavy atom. The van der Waals surface area contributed by atoms with Crippen molar-refractivity contribution in [3.8, 4) is 11.8 Å². The second-order valence-corrected chi connectivity index (χ2v) is 7.12. The number of rotatable bonds is 7. The molecule has 156 valence electrons. The molecule has 0 aliphatic rings. The summed E-state index contributed by atoms with van der Waals surface area (Å²) >= 11 is 0. The maximum atomic E-state index is 12.8. The quantitative estimate of drug-likeness (QED) is 0.568. The molecule has 0 fully saturated rings. The van der Waals surface area contributed by atoms with Crippen molar-refractivity contribution in [1.29, 1.82) is 0 Å². The van der Waals surface area contributed by atoms with Gasteiger partial charge in [-0.1, -0.05) is 24.1 Å². The molecule has 1 aromatic carbocycles. The van der Waals surface area contributed by atoms with E-state index in [1.165, 1.54) is 0 Å². The first-order valence-corrected chi connectivity index (χ1v) is 9.70. The highest BCUT2D eigenvalue weighted by Crippen LogP contribution is 2.15. The summed E-state index contributed by atoms with van der Waals surface area (Å²) in [6, 6.07) is 7.73. The molecule has 9 heteroatoms. The molecule has 1 amide bonds.